The number of benzene rings is 1. The van der Waals surface area contributed by atoms with Crippen LogP contribution in [0.2, 0.25) is 0 Å². The second-order valence-corrected chi connectivity index (χ2v) is 12.8. The van der Waals surface area contributed by atoms with Gasteiger partial charge < -0.3 is 19.5 Å². The van der Waals surface area contributed by atoms with Crippen molar-refractivity contribution in [2.24, 2.45) is 0 Å². The summed E-state index contributed by atoms with van der Waals surface area (Å²) in [5.74, 6) is 1.71. The molecular formula is C29H38N6O4S. The van der Waals surface area contributed by atoms with E-state index in [2.05, 4.69) is 45.3 Å². The van der Waals surface area contributed by atoms with Crippen molar-refractivity contribution in [3.8, 4) is 0 Å². The zero-order chi connectivity index (χ0) is 28.3. The average Bonchev–Trinajstić information content (AvgIpc) is 3.38. The third-order valence-electron chi connectivity index (χ3n) is 7.66. The molecule has 11 heteroatoms. The van der Waals surface area contributed by atoms with Crippen LogP contribution >= 0.6 is 0 Å². The number of hydrogen-bond donors (Lipinski definition) is 1. The minimum Gasteiger partial charge on any atom is -0.466 e. The van der Waals surface area contributed by atoms with E-state index in [1.807, 2.05) is 24.0 Å². The molecular weight excluding hydrogens is 528 g/mol. The van der Waals surface area contributed by atoms with Crippen LogP contribution in [0.3, 0.4) is 0 Å². The van der Waals surface area contributed by atoms with Gasteiger partial charge in [-0.05, 0) is 62.4 Å². The van der Waals surface area contributed by atoms with Gasteiger partial charge in [0.1, 0.15) is 11.5 Å². The van der Waals surface area contributed by atoms with E-state index in [0.717, 1.165) is 30.2 Å². The van der Waals surface area contributed by atoms with E-state index < -0.39 is 10.0 Å². The molecule has 1 amide bonds. The Hall–Kier alpha value is -3.44. The highest BCUT2D eigenvalue weighted by Crippen LogP contribution is 2.37. The fourth-order valence-corrected chi connectivity index (χ4v) is 6.35. The van der Waals surface area contributed by atoms with Gasteiger partial charge in [0, 0.05) is 51.4 Å². The lowest BCUT2D eigenvalue weighted by atomic mass is 9.89. The van der Waals surface area contributed by atoms with Gasteiger partial charge in [-0.1, -0.05) is 12.1 Å². The minimum atomic E-state index is -3.20. The molecule has 3 aromatic rings. The van der Waals surface area contributed by atoms with Gasteiger partial charge in [-0.2, -0.15) is 4.31 Å². The first-order valence-corrected chi connectivity index (χ1v) is 15.8. The predicted octanol–water partition coefficient (Wildman–Crippen LogP) is 3.92. The fraction of sp³-hybridized carbons (Fsp3) is 0.483. The normalized spacial score (nSPS) is 17.6. The standard InChI is InChI=1S/C29H38N6O4S/c1-21-7-9-24(26(17-21)33-11-5-4-6-12-33)25(27-10-8-22(2)39-27)18-28(36)32-23-19-30-29(31-20-23)34-13-15-35(16-14-34)40(3,37)38/h7-10,17,19-20,25H,4-6,11-16,18H2,1-3H3,(H,32,36). The molecule has 0 radical (unpaired) electrons. The number of nitrogens with one attached hydrogen (secondary N) is 1. The molecule has 5 rings (SSSR count). The number of furan rings is 1. The maximum absolute atomic E-state index is 13.4. The Bertz CT molecular complexity index is 1420. The molecule has 0 saturated carbocycles. The van der Waals surface area contributed by atoms with E-state index in [0.29, 0.717) is 37.8 Å². The highest BCUT2D eigenvalue weighted by Gasteiger charge is 2.27. The summed E-state index contributed by atoms with van der Waals surface area (Å²) in [6, 6.07) is 10.4. The number of carbonyl (C=O) groups excluding carboxylic acids is 1. The second kappa shape index (κ2) is 12.0. The van der Waals surface area contributed by atoms with Crippen LogP contribution < -0.4 is 15.1 Å². The molecule has 2 fully saturated rings. The zero-order valence-electron chi connectivity index (χ0n) is 23.5. The van der Waals surface area contributed by atoms with Gasteiger partial charge in [-0.15, -0.1) is 0 Å². The topological polar surface area (TPSA) is 112 Å². The second-order valence-electron chi connectivity index (χ2n) is 10.8. The van der Waals surface area contributed by atoms with Crippen molar-refractivity contribution in [3.63, 3.8) is 0 Å². The van der Waals surface area contributed by atoms with Crippen LogP contribution in [-0.2, 0) is 14.8 Å². The van der Waals surface area contributed by atoms with Crippen LogP contribution in [0.4, 0.5) is 17.3 Å². The van der Waals surface area contributed by atoms with E-state index in [1.165, 1.54) is 41.1 Å². The van der Waals surface area contributed by atoms with E-state index >= 15 is 0 Å². The largest absolute Gasteiger partial charge is 0.466 e. The van der Waals surface area contributed by atoms with Crippen molar-refractivity contribution in [1.29, 1.82) is 0 Å². The van der Waals surface area contributed by atoms with Crippen molar-refractivity contribution in [2.45, 2.75) is 45.4 Å². The molecule has 4 heterocycles. The third kappa shape index (κ3) is 6.64. The zero-order valence-corrected chi connectivity index (χ0v) is 24.3. The van der Waals surface area contributed by atoms with Crippen LogP contribution in [0.5, 0.6) is 0 Å². The molecule has 2 aliphatic heterocycles. The Morgan fingerprint density at radius 1 is 0.950 bits per heavy atom. The van der Waals surface area contributed by atoms with Gasteiger partial charge in [0.2, 0.25) is 21.9 Å². The lowest BCUT2D eigenvalue weighted by molar-refractivity contribution is -0.116. The lowest BCUT2D eigenvalue weighted by Crippen LogP contribution is -2.48. The quantitative estimate of drug-likeness (QED) is 0.437. The number of nitrogens with zero attached hydrogens (tertiary/aromatic N) is 5. The summed E-state index contributed by atoms with van der Waals surface area (Å²) in [6.45, 7) is 7.86. The molecule has 214 valence electrons. The summed E-state index contributed by atoms with van der Waals surface area (Å²) in [5.41, 5.74) is 3.98. The number of sulfonamides is 1. The SMILES string of the molecule is Cc1ccc(C(CC(=O)Nc2cnc(N3CCN(S(C)(=O)=O)CC3)nc2)c2ccc(C)o2)c(N2CCCCC2)c1. The Labute approximate surface area is 236 Å². The van der Waals surface area contributed by atoms with Gasteiger partial charge in [-0.3, -0.25) is 4.79 Å². The molecule has 0 bridgehead atoms. The number of hydrogen-bond acceptors (Lipinski definition) is 8. The highest BCUT2D eigenvalue weighted by atomic mass is 32.2. The van der Waals surface area contributed by atoms with Gasteiger partial charge >= 0.3 is 0 Å². The molecule has 1 N–H and O–H groups in total. The maximum Gasteiger partial charge on any atom is 0.225 e. The smallest absolute Gasteiger partial charge is 0.225 e. The molecule has 0 aliphatic carbocycles. The van der Waals surface area contributed by atoms with Crippen molar-refractivity contribution >= 4 is 33.3 Å². The summed E-state index contributed by atoms with van der Waals surface area (Å²) in [6.07, 6.45) is 8.22. The first-order valence-electron chi connectivity index (χ1n) is 13.9. The van der Waals surface area contributed by atoms with Gasteiger partial charge in [-0.25, -0.2) is 18.4 Å². The Morgan fingerprint density at radius 2 is 1.65 bits per heavy atom. The number of aromatic nitrogens is 2. The molecule has 0 spiro atoms. The molecule has 2 aliphatic rings. The van der Waals surface area contributed by atoms with Crippen molar-refractivity contribution in [3.05, 3.63) is 65.4 Å². The number of amides is 1. The number of anilines is 3. The Balaban J connectivity index is 1.30. The number of piperidine rings is 1. The highest BCUT2D eigenvalue weighted by molar-refractivity contribution is 7.88. The number of aryl methyl sites for hydroxylation is 2. The van der Waals surface area contributed by atoms with E-state index in [1.54, 1.807) is 12.4 Å². The summed E-state index contributed by atoms with van der Waals surface area (Å²) in [4.78, 5) is 26.6. The molecule has 1 atom stereocenters. The summed E-state index contributed by atoms with van der Waals surface area (Å²) < 4.78 is 31.1. The first-order chi connectivity index (χ1) is 19.2. The number of rotatable bonds is 8. The number of carbonyl (C=O) groups is 1. The molecule has 10 nitrogen and oxygen atoms in total. The summed E-state index contributed by atoms with van der Waals surface area (Å²) >= 11 is 0. The van der Waals surface area contributed by atoms with Crippen LogP contribution in [0, 0.1) is 13.8 Å². The summed E-state index contributed by atoms with van der Waals surface area (Å²) in [5, 5.41) is 2.96. The summed E-state index contributed by atoms with van der Waals surface area (Å²) in [7, 11) is -3.20. The molecule has 40 heavy (non-hydrogen) atoms. The van der Waals surface area contributed by atoms with Gasteiger partial charge in [0.05, 0.1) is 30.3 Å². The Morgan fingerprint density at radius 3 is 2.27 bits per heavy atom. The van der Waals surface area contributed by atoms with Crippen LogP contribution in [0.15, 0.2) is 47.1 Å². The predicted molar refractivity (Wildman–Crippen MR) is 156 cm³/mol. The van der Waals surface area contributed by atoms with Crippen molar-refractivity contribution in [2.75, 3.05) is 60.6 Å². The van der Waals surface area contributed by atoms with E-state index in [9.17, 15) is 13.2 Å². The fourth-order valence-electron chi connectivity index (χ4n) is 5.53. The number of piperazine rings is 1. The first kappa shape index (κ1) is 28.1. The monoisotopic (exact) mass is 566 g/mol. The van der Waals surface area contributed by atoms with Gasteiger partial charge in [0.25, 0.3) is 0 Å². The average molecular weight is 567 g/mol. The van der Waals surface area contributed by atoms with Gasteiger partial charge in [0.15, 0.2) is 0 Å². The van der Waals surface area contributed by atoms with Crippen LogP contribution in [-0.4, -0.2) is 74.1 Å². The van der Waals surface area contributed by atoms with E-state index in [-0.39, 0.29) is 18.2 Å². The Kier molecular flexibility index (Phi) is 8.41. The molecule has 2 aromatic heterocycles. The van der Waals surface area contributed by atoms with Crippen LogP contribution in [0.25, 0.3) is 0 Å². The van der Waals surface area contributed by atoms with Crippen LogP contribution in [0.1, 0.15) is 54.2 Å². The molecule has 2 saturated heterocycles. The molecule has 1 unspecified atom stereocenters. The van der Waals surface area contributed by atoms with Crippen molar-refractivity contribution in [1.82, 2.24) is 14.3 Å². The third-order valence-corrected chi connectivity index (χ3v) is 8.97. The lowest BCUT2D eigenvalue weighted by Gasteiger charge is -2.33. The van der Waals surface area contributed by atoms with E-state index in [4.69, 9.17) is 4.42 Å². The maximum atomic E-state index is 13.4. The van der Waals surface area contributed by atoms with Crippen molar-refractivity contribution < 1.29 is 17.6 Å². The molecule has 1 aromatic carbocycles. The minimum absolute atomic E-state index is 0.151.